The summed E-state index contributed by atoms with van der Waals surface area (Å²) in [5, 5.41) is 19.1. The van der Waals surface area contributed by atoms with Gasteiger partial charge in [0.25, 0.3) is 0 Å². The molecule has 2 aromatic rings. The second kappa shape index (κ2) is 5.42. The number of benzene rings is 1. The SMILES string of the molecule is O=C(Nc1ccc(-c2ncn[nH]2)cc1)C1CCCC1O. The van der Waals surface area contributed by atoms with E-state index < -0.39 is 6.10 Å². The number of aliphatic hydroxyl groups excluding tert-OH is 1. The first-order chi connectivity index (χ1) is 9.74. The fraction of sp³-hybridized carbons (Fsp3) is 0.357. The smallest absolute Gasteiger partial charge is 0.230 e. The zero-order valence-corrected chi connectivity index (χ0v) is 10.9. The summed E-state index contributed by atoms with van der Waals surface area (Å²) in [5.74, 6) is 0.292. The van der Waals surface area contributed by atoms with Gasteiger partial charge in [0, 0.05) is 11.3 Å². The second-order valence-corrected chi connectivity index (χ2v) is 5.01. The van der Waals surface area contributed by atoms with E-state index in [1.807, 2.05) is 24.3 Å². The third-order valence-electron chi connectivity index (χ3n) is 3.66. The predicted molar refractivity (Wildman–Crippen MR) is 73.8 cm³/mol. The van der Waals surface area contributed by atoms with E-state index in [1.165, 1.54) is 6.33 Å². The average molecular weight is 272 g/mol. The minimum atomic E-state index is -0.511. The van der Waals surface area contributed by atoms with Gasteiger partial charge in [-0.2, -0.15) is 5.10 Å². The van der Waals surface area contributed by atoms with E-state index in [0.717, 1.165) is 24.1 Å². The summed E-state index contributed by atoms with van der Waals surface area (Å²) in [6, 6.07) is 7.36. The molecule has 0 radical (unpaired) electrons. The number of hydrogen-bond acceptors (Lipinski definition) is 4. The topological polar surface area (TPSA) is 90.9 Å². The van der Waals surface area contributed by atoms with Crippen LogP contribution >= 0.6 is 0 Å². The maximum Gasteiger partial charge on any atom is 0.230 e. The first-order valence-electron chi connectivity index (χ1n) is 6.69. The van der Waals surface area contributed by atoms with E-state index in [4.69, 9.17) is 0 Å². The quantitative estimate of drug-likeness (QED) is 0.791. The highest BCUT2D eigenvalue weighted by Gasteiger charge is 2.31. The number of H-pyrrole nitrogens is 1. The third kappa shape index (κ3) is 2.55. The molecule has 0 bridgehead atoms. The van der Waals surface area contributed by atoms with Crippen molar-refractivity contribution in [3.8, 4) is 11.4 Å². The molecule has 3 rings (SSSR count). The lowest BCUT2D eigenvalue weighted by Crippen LogP contribution is -2.28. The van der Waals surface area contributed by atoms with Crippen molar-refractivity contribution in [1.82, 2.24) is 15.2 Å². The van der Waals surface area contributed by atoms with Crippen LogP contribution in [0.5, 0.6) is 0 Å². The van der Waals surface area contributed by atoms with Crippen molar-refractivity contribution >= 4 is 11.6 Å². The molecule has 2 unspecified atom stereocenters. The molecule has 0 spiro atoms. The molecular weight excluding hydrogens is 256 g/mol. The van der Waals surface area contributed by atoms with Gasteiger partial charge in [0.1, 0.15) is 6.33 Å². The van der Waals surface area contributed by atoms with E-state index in [1.54, 1.807) is 0 Å². The number of aliphatic hydroxyl groups is 1. The molecule has 2 atom stereocenters. The number of carbonyl (C=O) groups is 1. The Balaban J connectivity index is 1.68. The highest BCUT2D eigenvalue weighted by atomic mass is 16.3. The predicted octanol–water partition coefficient (Wildman–Crippen LogP) is 1.57. The number of rotatable bonds is 3. The van der Waals surface area contributed by atoms with Crippen molar-refractivity contribution in [3.63, 3.8) is 0 Å². The summed E-state index contributed by atoms with van der Waals surface area (Å²) in [7, 11) is 0. The van der Waals surface area contributed by atoms with Crippen LogP contribution in [0, 0.1) is 5.92 Å². The lowest BCUT2D eigenvalue weighted by Gasteiger charge is -2.14. The summed E-state index contributed by atoms with van der Waals surface area (Å²) in [6.45, 7) is 0. The molecule has 1 aromatic carbocycles. The Morgan fingerprint density at radius 2 is 2.10 bits per heavy atom. The Kier molecular flexibility index (Phi) is 3.47. The van der Waals surface area contributed by atoms with E-state index in [2.05, 4.69) is 20.5 Å². The molecule has 20 heavy (non-hydrogen) atoms. The monoisotopic (exact) mass is 272 g/mol. The van der Waals surface area contributed by atoms with Crippen molar-refractivity contribution < 1.29 is 9.90 Å². The van der Waals surface area contributed by atoms with Gasteiger partial charge in [-0.3, -0.25) is 9.89 Å². The van der Waals surface area contributed by atoms with Crippen LogP contribution in [0.15, 0.2) is 30.6 Å². The molecule has 0 saturated heterocycles. The molecule has 6 nitrogen and oxygen atoms in total. The van der Waals surface area contributed by atoms with Gasteiger partial charge in [0.2, 0.25) is 5.91 Å². The maximum absolute atomic E-state index is 12.0. The Morgan fingerprint density at radius 3 is 2.70 bits per heavy atom. The van der Waals surface area contributed by atoms with Crippen molar-refractivity contribution in [2.45, 2.75) is 25.4 Å². The third-order valence-corrected chi connectivity index (χ3v) is 3.66. The highest BCUT2D eigenvalue weighted by Crippen LogP contribution is 2.27. The molecule has 1 aromatic heterocycles. The van der Waals surface area contributed by atoms with E-state index in [9.17, 15) is 9.90 Å². The maximum atomic E-state index is 12.0. The summed E-state index contributed by atoms with van der Waals surface area (Å²) in [5.41, 5.74) is 1.62. The Bertz CT molecular complexity index is 580. The fourth-order valence-electron chi connectivity index (χ4n) is 2.54. The molecule has 1 aliphatic rings. The largest absolute Gasteiger partial charge is 0.392 e. The van der Waals surface area contributed by atoms with E-state index in [0.29, 0.717) is 12.2 Å². The molecule has 1 fully saturated rings. The number of carbonyl (C=O) groups excluding carboxylic acids is 1. The number of aromatic amines is 1. The molecule has 1 saturated carbocycles. The molecule has 1 aliphatic carbocycles. The Morgan fingerprint density at radius 1 is 1.30 bits per heavy atom. The summed E-state index contributed by atoms with van der Waals surface area (Å²) in [4.78, 5) is 16.1. The van der Waals surface area contributed by atoms with Gasteiger partial charge in [-0.1, -0.05) is 0 Å². The normalized spacial score (nSPS) is 21.9. The summed E-state index contributed by atoms with van der Waals surface area (Å²) >= 11 is 0. The molecule has 3 N–H and O–H groups in total. The minimum Gasteiger partial charge on any atom is -0.392 e. The van der Waals surface area contributed by atoms with Gasteiger partial charge < -0.3 is 10.4 Å². The summed E-state index contributed by atoms with van der Waals surface area (Å²) in [6.07, 6.45) is 3.31. The second-order valence-electron chi connectivity index (χ2n) is 5.01. The van der Waals surface area contributed by atoms with E-state index in [-0.39, 0.29) is 11.8 Å². The number of anilines is 1. The number of nitrogens with zero attached hydrogens (tertiary/aromatic N) is 2. The molecule has 6 heteroatoms. The fourth-order valence-corrected chi connectivity index (χ4v) is 2.54. The highest BCUT2D eigenvalue weighted by molar-refractivity contribution is 5.93. The van der Waals surface area contributed by atoms with Gasteiger partial charge in [-0.25, -0.2) is 4.98 Å². The van der Waals surface area contributed by atoms with Crippen molar-refractivity contribution in [1.29, 1.82) is 0 Å². The lowest BCUT2D eigenvalue weighted by molar-refractivity contribution is -0.122. The van der Waals surface area contributed by atoms with Crippen LogP contribution in [0.4, 0.5) is 5.69 Å². The van der Waals surface area contributed by atoms with Gasteiger partial charge in [0.15, 0.2) is 5.82 Å². The van der Waals surface area contributed by atoms with Crippen LogP contribution in [0.1, 0.15) is 19.3 Å². The number of amides is 1. The van der Waals surface area contributed by atoms with Crippen molar-refractivity contribution in [2.24, 2.45) is 5.92 Å². The number of aromatic nitrogens is 3. The zero-order chi connectivity index (χ0) is 13.9. The minimum absolute atomic E-state index is 0.109. The standard InChI is InChI=1S/C14H16N4O2/c19-12-3-1-2-11(12)14(20)17-10-6-4-9(5-7-10)13-15-8-16-18-13/h4-8,11-12,19H,1-3H2,(H,17,20)(H,15,16,18). The van der Waals surface area contributed by atoms with Gasteiger partial charge in [-0.15, -0.1) is 0 Å². The molecule has 1 amide bonds. The van der Waals surface area contributed by atoms with Crippen LogP contribution in [0.2, 0.25) is 0 Å². The van der Waals surface area contributed by atoms with Crippen LogP contribution in [0.3, 0.4) is 0 Å². The van der Waals surface area contributed by atoms with Crippen LogP contribution in [0.25, 0.3) is 11.4 Å². The molecular formula is C14H16N4O2. The first-order valence-corrected chi connectivity index (χ1v) is 6.69. The van der Waals surface area contributed by atoms with Crippen LogP contribution in [-0.4, -0.2) is 32.3 Å². The molecule has 1 heterocycles. The average Bonchev–Trinajstić information content (AvgIpc) is 3.10. The van der Waals surface area contributed by atoms with Crippen LogP contribution in [-0.2, 0) is 4.79 Å². The van der Waals surface area contributed by atoms with Gasteiger partial charge in [0.05, 0.1) is 12.0 Å². The lowest BCUT2D eigenvalue weighted by atomic mass is 10.1. The van der Waals surface area contributed by atoms with Gasteiger partial charge >= 0.3 is 0 Å². The Labute approximate surface area is 116 Å². The molecule has 0 aliphatic heterocycles. The Hall–Kier alpha value is -2.21. The summed E-state index contributed by atoms with van der Waals surface area (Å²) < 4.78 is 0. The first kappa shape index (κ1) is 12.8. The van der Waals surface area contributed by atoms with Crippen molar-refractivity contribution in [3.05, 3.63) is 30.6 Å². The van der Waals surface area contributed by atoms with Crippen LogP contribution < -0.4 is 5.32 Å². The van der Waals surface area contributed by atoms with Crippen molar-refractivity contribution in [2.75, 3.05) is 5.32 Å². The zero-order valence-electron chi connectivity index (χ0n) is 10.9. The number of nitrogens with one attached hydrogen (secondary N) is 2. The van der Waals surface area contributed by atoms with E-state index >= 15 is 0 Å². The molecule has 104 valence electrons. The number of hydrogen-bond donors (Lipinski definition) is 3. The van der Waals surface area contributed by atoms with Gasteiger partial charge in [-0.05, 0) is 43.5 Å².